The number of carbonyl (C=O) groups is 3. The molecule has 0 unspecified atom stereocenters. The van der Waals surface area contributed by atoms with Crippen molar-refractivity contribution in [3.63, 3.8) is 0 Å². The Morgan fingerprint density at radius 1 is 0.941 bits per heavy atom. The number of piperidine rings is 1. The third kappa shape index (κ3) is 8.92. The normalized spacial score (nSPS) is 17.7. The van der Waals surface area contributed by atoms with E-state index in [2.05, 4.69) is 52.1 Å². The Bertz CT molecular complexity index is 1840. The number of amides is 3. The largest absolute Gasteiger partial charge is 0.484 e. The van der Waals surface area contributed by atoms with Crippen molar-refractivity contribution in [3.05, 3.63) is 90.1 Å². The van der Waals surface area contributed by atoms with Gasteiger partial charge in [-0.3, -0.25) is 9.59 Å². The van der Waals surface area contributed by atoms with Crippen LogP contribution in [0, 0.1) is 5.92 Å². The van der Waals surface area contributed by atoms with Gasteiger partial charge in [0.25, 0.3) is 5.91 Å². The van der Waals surface area contributed by atoms with Gasteiger partial charge in [-0.25, -0.2) is 4.79 Å². The molecule has 1 saturated heterocycles. The zero-order valence-electron chi connectivity index (χ0n) is 30.2. The molecule has 51 heavy (non-hydrogen) atoms. The van der Waals surface area contributed by atoms with Crippen LogP contribution in [0.3, 0.4) is 0 Å². The molecule has 0 radical (unpaired) electrons. The minimum Gasteiger partial charge on any atom is -0.484 e. The standard InChI is InChI=1S/C41H50N4O6/c1-41(2,3)51-40(48)44-21-19-34(30-10-7-9-29(23-30)28-13-17-33(18-14-28)50-27-38(42)46)36(26-44)39(47)45(32-15-16-32)25-31-24-43(20-8-22-49-4)37-12-6-5-11-35(31)37/h5-7,9-14,17-18,23-24,32,34,36H,8,15-16,19-22,25-27H2,1-4H3,(H2,42,46)/t34-,36+/m1/s1. The molecule has 3 amide bonds. The average molecular weight is 695 g/mol. The fraction of sp³-hybridized carbons (Fsp3) is 0.439. The molecular formula is C41H50N4O6. The zero-order valence-corrected chi connectivity index (χ0v) is 30.2. The first-order valence-corrected chi connectivity index (χ1v) is 18.0. The number of methoxy groups -OCH3 is 1. The monoisotopic (exact) mass is 694 g/mol. The molecule has 4 aromatic rings. The fourth-order valence-corrected chi connectivity index (χ4v) is 7.12. The molecule has 6 rings (SSSR count). The molecule has 1 aliphatic heterocycles. The van der Waals surface area contributed by atoms with Gasteiger partial charge in [-0.1, -0.05) is 54.6 Å². The molecule has 2 N–H and O–H groups in total. The third-order valence-electron chi connectivity index (χ3n) is 9.70. The highest BCUT2D eigenvalue weighted by atomic mass is 16.6. The SMILES string of the molecule is COCCCn1cc(CN(C(=O)[C@H]2CN(C(=O)OC(C)(C)C)CC[C@@H]2c2cccc(-c3ccc(OCC(N)=O)cc3)c2)C2CC2)c2ccccc21. The number of fused-ring (bicyclic) bond motifs is 1. The Morgan fingerprint density at radius 2 is 1.71 bits per heavy atom. The number of carbonyl (C=O) groups excluding carboxylic acids is 3. The number of aromatic nitrogens is 1. The van der Waals surface area contributed by atoms with E-state index >= 15 is 0 Å². The molecule has 2 fully saturated rings. The van der Waals surface area contributed by atoms with Gasteiger partial charge < -0.3 is 34.3 Å². The van der Waals surface area contributed by atoms with Crippen molar-refractivity contribution in [2.45, 2.75) is 77.1 Å². The number of nitrogens with zero attached hydrogens (tertiary/aromatic N) is 3. The summed E-state index contributed by atoms with van der Waals surface area (Å²) >= 11 is 0. The first-order valence-electron chi connectivity index (χ1n) is 18.0. The van der Waals surface area contributed by atoms with Crippen LogP contribution in [0.5, 0.6) is 5.75 Å². The molecule has 1 aromatic heterocycles. The lowest BCUT2D eigenvalue weighted by Crippen LogP contribution is -2.51. The van der Waals surface area contributed by atoms with Gasteiger partial charge in [0.15, 0.2) is 6.61 Å². The first-order chi connectivity index (χ1) is 24.5. The number of ether oxygens (including phenoxy) is 3. The number of rotatable bonds is 13. The van der Waals surface area contributed by atoms with Crippen molar-refractivity contribution in [1.29, 1.82) is 0 Å². The van der Waals surface area contributed by atoms with Crippen LogP contribution in [-0.2, 0) is 32.2 Å². The number of nitrogens with two attached hydrogens (primary N) is 1. The third-order valence-corrected chi connectivity index (χ3v) is 9.70. The maximum atomic E-state index is 15.0. The number of para-hydroxylation sites is 1. The topological polar surface area (TPSA) is 116 Å². The Balaban J connectivity index is 1.30. The van der Waals surface area contributed by atoms with Gasteiger partial charge in [-0.15, -0.1) is 0 Å². The zero-order chi connectivity index (χ0) is 36.1. The Kier molecular flexibility index (Phi) is 11.0. The summed E-state index contributed by atoms with van der Waals surface area (Å²) in [6.45, 7) is 8.23. The van der Waals surface area contributed by atoms with Crippen LogP contribution in [0.2, 0.25) is 0 Å². The van der Waals surface area contributed by atoms with E-state index in [1.54, 1.807) is 12.0 Å². The van der Waals surface area contributed by atoms with Crippen LogP contribution in [0.25, 0.3) is 22.0 Å². The molecule has 0 bridgehead atoms. The van der Waals surface area contributed by atoms with E-state index < -0.39 is 17.4 Å². The predicted molar refractivity (Wildman–Crippen MR) is 197 cm³/mol. The van der Waals surface area contributed by atoms with E-state index in [0.29, 0.717) is 31.9 Å². The molecule has 2 aliphatic rings. The first kappa shape index (κ1) is 36.0. The Morgan fingerprint density at radius 3 is 2.41 bits per heavy atom. The van der Waals surface area contributed by atoms with Crippen molar-refractivity contribution in [2.75, 3.05) is 33.4 Å². The molecule has 2 heterocycles. The van der Waals surface area contributed by atoms with Crippen molar-refractivity contribution >= 4 is 28.8 Å². The van der Waals surface area contributed by atoms with E-state index in [1.165, 1.54) is 0 Å². The maximum Gasteiger partial charge on any atom is 0.410 e. The summed E-state index contributed by atoms with van der Waals surface area (Å²) in [6.07, 6.45) is 5.29. The van der Waals surface area contributed by atoms with Crippen LogP contribution in [0.4, 0.5) is 4.79 Å². The van der Waals surface area contributed by atoms with Gasteiger partial charge in [0.05, 0.1) is 5.92 Å². The summed E-state index contributed by atoms with van der Waals surface area (Å²) in [5.74, 6) is -0.424. The molecular weight excluding hydrogens is 644 g/mol. The lowest BCUT2D eigenvalue weighted by atomic mass is 9.79. The minimum atomic E-state index is -0.639. The van der Waals surface area contributed by atoms with E-state index in [9.17, 15) is 14.4 Å². The number of hydrogen-bond donors (Lipinski definition) is 1. The van der Waals surface area contributed by atoms with Crippen molar-refractivity contribution < 1.29 is 28.6 Å². The van der Waals surface area contributed by atoms with Crippen LogP contribution in [-0.4, -0.2) is 77.3 Å². The second kappa shape index (κ2) is 15.6. The van der Waals surface area contributed by atoms with E-state index in [0.717, 1.165) is 59.0 Å². The van der Waals surface area contributed by atoms with Crippen LogP contribution in [0.15, 0.2) is 79.0 Å². The van der Waals surface area contributed by atoms with E-state index in [4.69, 9.17) is 19.9 Å². The summed E-state index contributed by atoms with van der Waals surface area (Å²) in [4.78, 5) is 43.3. The smallest absolute Gasteiger partial charge is 0.410 e. The predicted octanol–water partition coefficient (Wildman–Crippen LogP) is 6.74. The number of hydrogen-bond acceptors (Lipinski definition) is 6. The van der Waals surface area contributed by atoms with Crippen LogP contribution >= 0.6 is 0 Å². The minimum absolute atomic E-state index is 0.0772. The number of benzene rings is 3. The summed E-state index contributed by atoms with van der Waals surface area (Å²) in [5, 5.41) is 1.16. The van der Waals surface area contributed by atoms with Gasteiger partial charge in [0.2, 0.25) is 5.91 Å². The molecule has 10 nitrogen and oxygen atoms in total. The molecule has 1 saturated carbocycles. The van der Waals surface area contributed by atoms with Crippen molar-refractivity contribution in [2.24, 2.45) is 11.7 Å². The van der Waals surface area contributed by atoms with Crippen LogP contribution in [0.1, 0.15) is 63.5 Å². The van der Waals surface area contributed by atoms with Crippen LogP contribution < -0.4 is 10.5 Å². The number of likely N-dealkylation sites (tertiary alicyclic amines) is 1. The summed E-state index contributed by atoms with van der Waals surface area (Å²) in [5.41, 5.74) is 9.93. The fourth-order valence-electron chi connectivity index (χ4n) is 7.12. The van der Waals surface area contributed by atoms with Gasteiger partial charge >= 0.3 is 6.09 Å². The highest BCUT2D eigenvalue weighted by molar-refractivity contribution is 5.86. The van der Waals surface area contributed by atoms with Gasteiger partial charge in [-0.05, 0) is 92.8 Å². The second-order valence-corrected chi connectivity index (χ2v) is 14.7. The molecule has 0 spiro atoms. The number of primary amides is 1. The van der Waals surface area contributed by atoms with Crippen molar-refractivity contribution in [3.8, 4) is 16.9 Å². The average Bonchev–Trinajstić information content (AvgIpc) is 3.91. The lowest BCUT2D eigenvalue weighted by molar-refractivity contribution is -0.139. The second-order valence-electron chi connectivity index (χ2n) is 14.7. The molecule has 270 valence electrons. The number of aryl methyl sites for hydroxylation is 1. The quantitative estimate of drug-likeness (QED) is 0.155. The van der Waals surface area contributed by atoms with Gasteiger partial charge in [-0.2, -0.15) is 0 Å². The lowest BCUT2D eigenvalue weighted by Gasteiger charge is -2.40. The van der Waals surface area contributed by atoms with Gasteiger partial charge in [0.1, 0.15) is 11.4 Å². The van der Waals surface area contributed by atoms with Gasteiger partial charge in [0, 0.05) is 63.0 Å². The maximum absolute atomic E-state index is 15.0. The highest BCUT2D eigenvalue weighted by Gasteiger charge is 2.43. The van der Waals surface area contributed by atoms with E-state index in [1.807, 2.05) is 57.2 Å². The Labute approximate surface area is 300 Å². The summed E-state index contributed by atoms with van der Waals surface area (Å²) in [6, 6.07) is 24.4. The van der Waals surface area contributed by atoms with Crippen molar-refractivity contribution in [1.82, 2.24) is 14.4 Å². The molecule has 2 atom stereocenters. The highest BCUT2D eigenvalue weighted by Crippen LogP contribution is 2.40. The summed E-state index contributed by atoms with van der Waals surface area (Å²) in [7, 11) is 1.72. The summed E-state index contributed by atoms with van der Waals surface area (Å²) < 4.78 is 18.8. The van der Waals surface area contributed by atoms with E-state index in [-0.39, 0.29) is 37.1 Å². The molecule has 1 aliphatic carbocycles. The Hall–Kier alpha value is -4.83. The molecule has 3 aromatic carbocycles. The molecule has 10 heteroatoms.